The van der Waals surface area contributed by atoms with Crippen LogP contribution in [0.4, 0.5) is 4.39 Å². The third-order valence-corrected chi connectivity index (χ3v) is 2.01. The first-order valence-corrected chi connectivity index (χ1v) is 4.94. The van der Waals surface area contributed by atoms with Crippen LogP contribution >= 0.6 is 0 Å². The molecule has 4 nitrogen and oxygen atoms in total. The molecule has 17 heavy (non-hydrogen) atoms. The van der Waals surface area contributed by atoms with E-state index in [1.165, 1.54) is 25.1 Å². The zero-order chi connectivity index (χ0) is 12.8. The van der Waals surface area contributed by atoms with Crippen LogP contribution in [0.3, 0.4) is 0 Å². The number of aromatic carboxylic acids is 1. The van der Waals surface area contributed by atoms with E-state index in [1.807, 2.05) is 0 Å². The largest absolute Gasteiger partial charge is 0.478 e. The minimum atomic E-state index is -1.11. The van der Waals surface area contributed by atoms with Crippen molar-refractivity contribution in [1.82, 2.24) is 5.32 Å². The molecule has 90 valence electrons. The summed E-state index contributed by atoms with van der Waals surface area (Å²) in [6, 6.07) is 3.53. The maximum Gasteiger partial charge on any atom is 0.335 e. The molecule has 0 fully saturated rings. The Morgan fingerprint density at radius 1 is 1.47 bits per heavy atom. The second-order valence-corrected chi connectivity index (χ2v) is 3.38. The topological polar surface area (TPSA) is 66.4 Å². The van der Waals surface area contributed by atoms with Gasteiger partial charge in [-0.25, -0.2) is 9.18 Å². The highest BCUT2D eigenvalue weighted by molar-refractivity contribution is 5.88. The average Bonchev–Trinajstić information content (AvgIpc) is 2.25. The second kappa shape index (κ2) is 5.79. The first kappa shape index (κ1) is 12.9. The first-order valence-electron chi connectivity index (χ1n) is 4.94. The summed E-state index contributed by atoms with van der Waals surface area (Å²) in [5.41, 5.74) is 0.195. The van der Waals surface area contributed by atoms with Crippen LogP contribution in [-0.4, -0.2) is 23.5 Å². The first-order chi connectivity index (χ1) is 8.00. The Bertz CT molecular complexity index is 469. The van der Waals surface area contributed by atoms with E-state index < -0.39 is 11.8 Å². The van der Waals surface area contributed by atoms with Gasteiger partial charge in [-0.3, -0.25) is 4.79 Å². The van der Waals surface area contributed by atoms with Crippen molar-refractivity contribution in [2.45, 2.75) is 6.92 Å². The van der Waals surface area contributed by atoms with Gasteiger partial charge in [0.15, 0.2) is 0 Å². The van der Waals surface area contributed by atoms with Crippen LogP contribution in [0, 0.1) is 5.82 Å². The van der Waals surface area contributed by atoms with Gasteiger partial charge in [-0.1, -0.05) is 12.2 Å². The average molecular weight is 237 g/mol. The zero-order valence-electron chi connectivity index (χ0n) is 9.24. The molecule has 0 saturated heterocycles. The summed E-state index contributed by atoms with van der Waals surface area (Å²) in [6.07, 6.45) is 2.98. The van der Waals surface area contributed by atoms with Gasteiger partial charge in [0.2, 0.25) is 5.91 Å². The SMILES string of the molecule is CC(=O)NCC=Cc1cc(C(=O)O)ccc1F. The molecular formula is C12H12FNO3. The number of hydrogen-bond donors (Lipinski definition) is 2. The Morgan fingerprint density at radius 3 is 2.76 bits per heavy atom. The van der Waals surface area contributed by atoms with Crippen LogP contribution < -0.4 is 5.32 Å². The fraction of sp³-hybridized carbons (Fsp3) is 0.167. The molecule has 0 aliphatic heterocycles. The summed E-state index contributed by atoms with van der Waals surface area (Å²) in [5, 5.41) is 11.2. The van der Waals surface area contributed by atoms with Crippen LogP contribution in [0.2, 0.25) is 0 Å². The van der Waals surface area contributed by atoms with Crippen molar-refractivity contribution < 1.29 is 19.1 Å². The highest BCUT2D eigenvalue weighted by Crippen LogP contribution is 2.12. The summed E-state index contributed by atoms with van der Waals surface area (Å²) in [5.74, 6) is -1.80. The molecule has 0 atom stereocenters. The second-order valence-electron chi connectivity index (χ2n) is 3.38. The Hall–Kier alpha value is -2.17. The van der Waals surface area contributed by atoms with Crippen molar-refractivity contribution in [3.05, 3.63) is 41.2 Å². The van der Waals surface area contributed by atoms with Gasteiger partial charge in [0.05, 0.1) is 5.56 Å². The van der Waals surface area contributed by atoms with E-state index in [0.29, 0.717) is 0 Å². The lowest BCUT2D eigenvalue weighted by Gasteiger charge is -2.00. The number of carboxylic acid groups (broad SMARTS) is 1. The monoisotopic (exact) mass is 237 g/mol. The van der Waals surface area contributed by atoms with Crippen LogP contribution in [0.15, 0.2) is 24.3 Å². The summed E-state index contributed by atoms with van der Waals surface area (Å²) in [6.45, 7) is 1.64. The lowest BCUT2D eigenvalue weighted by molar-refractivity contribution is -0.118. The number of rotatable bonds is 4. The third kappa shape index (κ3) is 4.06. The molecule has 0 radical (unpaired) electrons. The molecule has 1 rings (SSSR count). The minimum Gasteiger partial charge on any atom is -0.478 e. The standard InChI is InChI=1S/C12H12FNO3/c1-8(15)14-6-2-3-9-7-10(12(16)17)4-5-11(9)13/h2-5,7H,6H2,1H3,(H,14,15)(H,16,17). The van der Waals surface area contributed by atoms with E-state index in [9.17, 15) is 14.0 Å². The molecular weight excluding hydrogens is 225 g/mol. The molecule has 0 bridgehead atoms. The number of benzene rings is 1. The van der Waals surface area contributed by atoms with Crippen molar-refractivity contribution in [3.63, 3.8) is 0 Å². The van der Waals surface area contributed by atoms with Crippen LogP contribution in [-0.2, 0) is 4.79 Å². The number of carbonyl (C=O) groups is 2. The van der Waals surface area contributed by atoms with Crippen molar-refractivity contribution >= 4 is 18.0 Å². The Balaban J connectivity index is 2.79. The number of nitrogens with one attached hydrogen (secondary N) is 1. The van der Waals surface area contributed by atoms with Gasteiger partial charge in [0, 0.05) is 19.0 Å². The molecule has 0 aromatic heterocycles. The van der Waals surface area contributed by atoms with Crippen LogP contribution in [0.1, 0.15) is 22.8 Å². The van der Waals surface area contributed by atoms with Crippen molar-refractivity contribution in [2.24, 2.45) is 0 Å². The van der Waals surface area contributed by atoms with Crippen molar-refractivity contribution in [2.75, 3.05) is 6.54 Å². The molecule has 1 aromatic rings. The number of halogens is 1. The van der Waals surface area contributed by atoms with E-state index in [-0.39, 0.29) is 23.6 Å². The molecule has 1 aromatic carbocycles. The third-order valence-electron chi connectivity index (χ3n) is 2.01. The van der Waals surface area contributed by atoms with E-state index in [1.54, 1.807) is 6.08 Å². The number of carboxylic acids is 1. The predicted octanol–water partition coefficient (Wildman–Crippen LogP) is 1.67. The summed E-state index contributed by atoms with van der Waals surface area (Å²) in [7, 11) is 0. The fourth-order valence-electron chi connectivity index (χ4n) is 1.19. The molecule has 0 heterocycles. The Labute approximate surface area is 97.8 Å². The number of amides is 1. The van der Waals surface area contributed by atoms with Gasteiger partial charge in [0.25, 0.3) is 0 Å². The highest BCUT2D eigenvalue weighted by Gasteiger charge is 2.05. The van der Waals surface area contributed by atoms with E-state index in [0.717, 1.165) is 6.07 Å². The van der Waals surface area contributed by atoms with Crippen LogP contribution in [0.25, 0.3) is 6.08 Å². The lowest BCUT2D eigenvalue weighted by atomic mass is 10.1. The molecule has 0 saturated carbocycles. The number of carbonyl (C=O) groups excluding carboxylic acids is 1. The van der Waals surface area contributed by atoms with Gasteiger partial charge < -0.3 is 10.4 Å². The fourth-order valence-corrected chi connectivity index (χ4v) is 1.19. The molecule has 0 spiro atoms. The van der Waals surface area contributed by atoms with Crippen molar-refractivity contribution in [3.8, 4) is 0 Å². The van der Waals surface area contributed by atoms with E-state index in [4.69, 9.17) is 5.11 Å². The number of hydrogen-bond acceptors (Lipinski definition) is 2. The molecule has 2 N–H and O–H groups in total. The molecule has 1 amide bonds. The van der Waals surface area contributed by atoms with Gasteiger partial charge in [0.1, 0.15) is 5.82 Å². The maximum absolute atomic E-state index is 13.3. The minimum absolute atomic E-state index is 0.0191. The van der Waals surface area contributed by atoms with E-state index in [2.05, 4.69) is 5.32 Å². The predicted molar refractivity (Wildman–Crippen MR) is 61.1 cm³/mol. The summed E-state index contributed by atoms with van der Waals surface area (Å²) < 4.78 is 13.3. The van der Waals surface area contributed by atoms with Crippen molar-refractivity contribution in [1.29, 1.82) is 0 Å². The smallest absolute Gasteiger partial charge is 0.335 e. The Kier molecular flexibility index (Phi) is 4.39. The zero-order valence-corrected chi connectivity index (χ0v) is 9.24. The quantitative estimate of drug-likeness (QED) is 0.837. The van der Waals surface area contributed by atoms with Gasteiger partial charge >= 0.3 is 5.97 Å². The molecule has 0 aliphatic rings. The lowest BCUT2D eigenvalue weighted by Crippen LogP contribution is -2.19. The normalized spacial score (nSPS) is 10.5. The van der Waals surface area contributed by atoms with Gasteiger partial charge in [-0.2, -0.15) is 0 Å². The Morgan fingerprint density at radius 2 is 2.18 bits per heavy atom. The molecule has 0 aliphatic carbocycles. The summed E-state index contributed by atoms with van der Waals surface area (Å²) >= 11 is 0. The van der Waals surface area contributed by atoms with Crippen LogP contribution in [0.5, 0.6) is 0 Å². The molecule has 0 unspecified atom stereocenters. The highest BCUT2D eigenvalue weighted by atomic mass is 19.1. The maximum atomic E-state index is 13.3. The summed E-state index contributed by atoms with van der Waals surface area (Å²) in [4.78, 5) is 21.2. The molecule has 5 heteroatoms. The van der Waals surface area contributed by atoms with E-state index >= 15 is 0 Å². The van der Waals surface area contributed by atoms with Gasteiger partial charge in [-0.15, -0.1) is 0 Å². The van der Waals surface area contributed by atoms with Gasteiger partial charge in [-0.05, 0) is 18.2 Å².